The first-order valence-electron chi connectivity index (χ1n) is 11.0. The summed E-state index contributed by atoms with van der Waals surface area (Å²) < 4.78 is 0. The zero-order chi connectivity index (χ0) is 20.7. The standard InChI is InChI=1S/C25H45NS/c1-22(2,3)20-11-12-21(27-20)25(9,10)16-15-24(7,8)19-13-17-26(18-14-19)23(4,5)6/h11-12,19H,13-18H2,1-10H3. The van der Waals surface area contributed by atoms with Crippen molar-refractivity contribution < 1.29 is 0 Å². The topological polar surface area (TPSA) is 3.24 Å². The molecule has 2 rings (SSSR count). The number of rotatable bonds is 5. The van der Waals surface area contributed by atoms with Crippen LogP contribution in [0, 0.1) is 11.3 Å². The highest BCUT2D eigenvalue weighted by molar-refractivity contribution is 7.12. The van der Waals surface area contributed by atoms with E-state index in [9.17, 15) is 0 Å². The first kappa shape index (κ1) is 22.9. The molecule has 0 radical (unpaired) electrons. The average Bonchev–Trinajstić information content (AvgIpc) is 3.04. The van der Waals surface area contributed by atoms with Gasteiger partial charge in [-0.2, -0.15) is 0 Å². The quantitative estimate of drug-likeness (QED) is 0.498. The number of hydrogen-bond acceptors (Lipinski definition) is 2. The Kier molecular flexibility index (Phi) is 6.65. The van der Waals surface area contributed by atoms with Gasteiger partial charge in [0, 0.05) is 15.3 Å². The van der Waals surface area contributed by atoms with Gasteiger partial charge >= 0.3 is 0 Å². The largest absolute Gasteiger partial charge is 0.298 e. The van der Waals surface area contributed by atoms with Crippen molar-refractivity contribution in [2.45, 2.75) is 111 Å². The van der Waals surface area contributed by atoms with E-state index in [1.807, 2.05) is 11.3 Å². The number of likely N-dealkylation sites (tertiary alicyclic amines) is 1. The van der Waals surface area contributed by atoms with Gasteiger partial charge in [-0.3, -0.25) is 4.90 Å². The summed E-state index contributed by atoms with van der Waals surface area (Å²) in [5.74, 6) is 0.861. The lowest BCUT2D eigenvalue weighted by atomic mass is 9.68. The van der Waals surface area contributed by atoms with E-state index in [0.717, 1.165) is 5.92 Å². The second kappa shape index (κ2) is 7.82. The van der Waals surface area contributed by atoms with Crippen molar-refractivity contribution in [2.75, 3.05) is 13.1 Å². The van der Waals surface area contributed by atoms with E-state index in [0.29, 0.717) is 11.0 Å². The van der Waals surface area contributed by atoms with Crippen LogP contribution in [0.5, 0.6) is 0 Å². The molecule has 2 heteroatoms. The second-order valence-corrected chi connectivity index (χ2v) is 13.3. The van der Waals surface area contributed by atoms with Gasteiger partial charge in [0.05, 0.1) is 0 Å². The second-order valence-electron chi connectivity index (χ2n) is 12.2. The van der Waals surface area contributed by atoms with Crippen molar-refractivity contribution in [3.8, 4) is 0 Å². The molecule has 1 saturated heterocycles. The lowest BCUT2D eigenvalue weighted by Crippen LogP contribution is -2.48. The molecule has 1 nitrogen and oxygen atoms in total. The molecule has 0 aromatic carbocycles. The highest BCUT2D eigenvalue weighted by atomic mass is 32.1. The molecule has 27 heavy (non-hydrogen) atoms. The number of nitrogens with zero attached hydrogens (tertiary/aromatic N) is 1. The maximum Gasteiger partial charge on any atom is 0.0125 e. The molecule has 1 fully saturated rings. The normalized spacial score (nSPS) is 18.9. The lowest BCUT2D eigenvalue weighted by Gasteiger charge is -2.46. The zero-order valence-electron chi connectivity index (χ0n) is 19.8. The summed E-state index contributed by atoms with van der Waals surface area (Å²) in [7, 11) is 0. The molecule has 0 spiro atoms. The van der Waals surface area contributed by atoms with Crippen LogP contribution in [0.15, 0.2) is 12.1 Å². The van der Waals surface area contributed by atoms with Gasteiger partial charge in [-0.25, -0.2) is 0 Å². The third-order valence-corrected chi connectivity index (χ3v) is 8.83. The van der Waals surface area contributed by atoms with Crippen molar-refractivity contribution >= 4 is 11.3 Å². The molecule has 0 bridgehead atoms. The van der Waals surface area contributed by atoms with Crippen LogP contribution in [0.2, 0.25) is 0 Å². The van der Waals surface area contributed by atoms with E-state index >= 15 is 0 Å². The molecular formula is C25H45NS. The summed E-state index contributed by atoms with van der Waals surface area (Å²) in [5.41, 5.74) is 1.29. The van der Waals surface area contributed by atoms with Crippen LogP contribution in [0.25, 0.3) is 0 Å². The molecule has 1 aromatic heterocycles. The first-order valence-corrected chi connectivity index (χ1v) is 11.8. The van der Waals surface area contributed by atoms with Crippen LogP contribution >= 0.6 is 11.3 Å². The molecule has 1 aliphatic rings. The van der Waals surface area contributed by atoms with Gasteiger partial charge in [-0.15, -0.1) is 11.3 Å². The predicted molar refractivity (Wildman–Crippen MR) is 123 cm³/mol. The molecular weight excluding hydrogens is 346 g/mol. The molecule has 0 atom stereocenters. The molecule has 0 N–H and O–H groups in total. The molecule has 156 valence electrons. The Labute approximate surface area is 173 Å². The molecule has 1 aromatic rings. The van der Waals surface area contributed by atoms with Crippen molar-refractivity contribution in [1.29, 1.82) is 0 Å². The fourth-order valence-corrected chi connectivity index (χ4v) is 5.59. The Bertz CT molecular complexity index is 601. The third kappa shape index (κ3) is 5.82. The van der Waals surface area contributed by atoms with Gasteiger partial charge in [0.1, 0.15) is 0 Å². The zero-order valence-corrected chi connectivity index (χ0v) is 20.6. The molecule has 0 unspecified atom stereocenters. The van der Waals surface area contributed by atoms with Gasteiger partial charge < -0.3 is 0 Å². The highest BCUT2D eigenvalue weighted by Crippen LogP contribution is 2.44. The maximum absolute atomic E-state index is 2.67. The van der Waals surface area contributed by atoms with Gasteiger partial charge in [-0.1, -0.05) is 48.5 Å². The first-order chi connectivity index (χ1) is 12.1. The van der Waals surface area contributed by atoms with Crippen LogP contribution in [-0.2, 0) is 10.8 Å². The molecule has 1 aliphatic heterocycles. The molecule has 2 heterocycles. The number of piperidine rings is 1. The van der Waals surface area contributed by atoms with E-state index in [2.05, 4.69) is 86.3 Å². The van der Waals surface area contributed by atoms with Gasteiger partial charge in [0.15, 0.2) is 0 Å². The summed E-state index contributed by atoms with van der Waals surface area (Å²) in [6, 6.07) is 4.75. The van der Waals surface area contributed by atoms with Crippen molar-refractivity contribution in [2.24, 2.45) is 11.3 Å². The van der Waals surface area contributed by atoms with E-state index in [4.69, 9.17) is 0 Å². The Morgan fingerprint density at radius 2 is 1.33 bits per heavy atom. The lowest BCUT2D eigenvalue weighted by molar-refractivity contribution is 0.0412. The van der Waals surface area contributed by atoms with Crippen LogP contribution in [0.4, 0.5) is 0 Å². The van der Waals surface area contributed by atoms with Gasteiger partial charge in [0.25, 0.3) is 0 Å². The van der Waals surface area contributed by atoms with Gasteiger partial charge in [0.2, 0.25) is 0 Å². The molecule has 0 amide bonds. The SMILES string of the molecule is CC(C)(C)c1ccc(C(C)(C)CCC(C)(C)C2CCN(C(C)(C)C)CC2)s1. The Morgan fingerprint density at radius 3 is 1.78 bits per heavy atom. The summed E-state index contributed by atoms with van der Waals surface area (Å²) in [5, 5.41) is 0. The number of thiophene rings is 1. The summed E-state index contributed by atoms with van der Waals surface area (Å²) in [4.78, 5) is 5.74. The number of hydrogen-bond donors (Lipinski definition) is 0. The van der Waals surface area contributed by atoms with E-state index < -0.39 is 0 Å². The van der Waals surface area contributed by atoms with Crippen molar-refractivity contribution in [3.05, 3.63) is 21.9 Å². The van der Waals surface area contributed by atoms with Crippen LogP contribution in [0.1, 0.15) is 105 Å². The Balaban J connectivity index is 1.97. The van der Waals surface area contributed by atoms with Gasteiger partial charge in [-0.05, 0) is 93.8 Å². The maximum atomic E-state index is 2.67. The van der Waals surface area contributed by atoms with Crippen LogP contribution < -0.4 is 0 Å². The minimum absolute atomic E-state index is 0.263. The highest BCUT2D eigenvalue weighted by Gasteiger charge is 2.36. The summed E-state index contributed by atoms with van der Waals surface area (Å²) in [6.45, 7) is 26.5. The summed E-state index contributed by atoms with van der Waals surface area (Å²) >= 11 is 2.03. The molecule has 0 saturated carbocycles. The fourth-order valence-electron chi connectivity index (χ4n) is 4.40. The summed E-state index contributed by atoms with van der Waals surface area (Å²) in [6.07, 6.45) is 5.32. The average molecular weight is 392 g/mol. The van der Waals surface area contributed by atoms with Crippen LogP contribution in [0.3, 0.4) is 0 Å². The minimum Gasteiger partial charge on any atom is -0.298 e. The fraction of sp³-hybridized carbons (Fsp3) is 0.840. The molecule has 0 aliphatic carbocycles. The van der Waals surface area contributed by atoms with Crippen molar-refractivity contribution in [3.63, 3.8) is 0 Å². The van der Waals surface area contributed by atoms with E-state index in [1.54, 1.807) is 4.88 Å². The smallest absolute Gasteiger partial charge is 0.0125 e. The predicted octanol–water partition coefficient (Wildman–Crippen LogP) is 7.64. The Morgan fingerprint density at radius 1 is 0.815 bits per heavy atom. The van der Waals surface area contributed by atoms with Crippen molar-refractivity contribution in [1.82, 2.24) is 4.90 Å². The monoisotopic (exact) mass is 391 g/mol. The third-order valence-electron chi connectivity index (χ3n) is 6.96. The van der Waals surface area contributed by atoms with E-state index in [1.165, 1.54) is 43.6 Å². The Hall–Kier alpha value is -0.340. The van der Waals surface area contributed by atoms with E-state index in [-0.39, 0.29) is 10.8 Å². The minimum atomic E-state index is 0.263. The van der Waals surface area contributed by atoms with Crippen LogP contribution in [-0.4, -0.2) is 23.5 Å².